The van der Waals surface area contributed by atoms with Gasteiger partial charge in [-0.25, -0.2) is 0 Å². The van der Waals surface area contributed by atoms with E-state index in [-0.39, 0.29) is 24.0 Å². The molecule has 0 unspecified atom stereocenters. The Kier molecular flexibility index (Phi) is 7.99. The molecule has 0 amide bonds. The molecule has 0 radical (unpaired) electrons. The van der Waals surface area contributed by atoms with Crippen molar-refractivity contribution in [1.29, 1.82) is 0 Å². The Balaban J connectivity index is 0.00000200. The van der Waals surface area contributed by atoms with Gasteiger partial charge in [0, 0.05) is 24.7 Å². The number of rotatable bonds is 4. The lowest BCUT2D eigenvalue weighted by Crippen LogP contribution is -2.43. The van der Waals surface area contributed by atoms with Crippen molar-refractivity contribution in [2.45, 2.75) is 25.3 Å². The Labute approximate surface area is 142 Å². The highest BCUT2D eigenvalue weighted by molar-refractivity contribution is 14.0. The van der Waals surface area contributed by atoms with Crippen molar-refractivity contribution in [3.63, 3.8) is 0 Å². The van der Waals surface area contributed by atoms with Crippen LogP contribution in [0.5, 0.6) is 0 Å². The molecule has 1 aromatic carbocycles. The van der Waals surface area contributed by atoms with E-state index in [0.29, 0.717) is 6.04 Å². The molecule has 0 atom stereocenters. The molecule has 20 heavy (non-hydrogen) atoms. The van der Waals surface area contributed by atoms with Gasteiger partial charge in [0.2, 0.25) is 0 Å². The predicted molar refractivity (Wildman–Crippen MR) is 97.2 cm³/mol. The molecule has 0 saturated carbocycles. The van der Waals surface area contributed by atoms with Gasteiger partial charge in [0.25, 0.3) is 0 Å². The number of halogens is 2. The van der Waals surface area contributed by atoms with Crippen LogP contribution in [-0.2, 0) is 6.42 Å². The molecular weight excluding hydrogens is 385 g/mol. The van der Waals surface area contributed by atoms with Crippen molar-refractivity contribution in [2.75, 3.05) is 13.6 Å². The number of hydrogen-bond acceptors (Lipinski definition) is 1. The van der Waals surface area contributed by atoms with Crippen LogP contribution < -0.4 is 10.6 Å². The van der Waals surface area contributed by atoms with Crippen LogP contribution in [0.4, 0.5) is 0 Å². The molecule has 1 aromatic rings. The van der Waals surface area contributed by atoms with Crippen molar-refractivity contribution in [3.8, 4) is 0 Å². The fourth-order valence-corrected chi connectivity index (χ4v) is 2.35. The lowest BCUT2D eigenvalue weighted by molar-refractivity contribution is 0.633. The number of hydrogen-bond donors (Lipinski definition) is 2. The van der Waals surface area contributed by atoms with Crippen LogP contribution >= 0.6 is 35.6 Å². The van der Waals surface area contributed by atoms with E-state index in [4.69, 9.17) is 11.6 Å². The highest BCUT2D eigenvalue weighted by Crippen LogP contribution is 2.11. The van der Waals surface area contributed by atoms with Gasteiger partial charge in [0.05, 0.1) is 0 Å². The van der Waals surface area contributed by atoms with E-state index >= 15 is 0 Å². The average molecular weight is 406 g/mol. The minimum atomic E-state index is 0. The van der Waals surface area contributed by atoms with Gasteiger partial charge in [-0.2, -0.15) is 0 Å². The number of guanidine groups is 1. The Bertz CT molecular complexity index is 466. The standard InChI is InChI=1S/C15H20ClN3.HI/c1-17-15(19-14-7-2-3-8-14)18-10-9-12-5-4-6-13(16)11-12;/h2-6,11,14H,7-10H2,1H3,(H2,17,18,19);1H. The van der Waals surface area contributed by atoms with Gasteiger partial charge < -0.3 is 10.6 Å². The van der Waals surface area contributed by atoms with Crippen molar-refractivity contribution < 1.29 is 0 Å². The van der Waals surface area contributed by atoms with Crippen LogP contribution in [0.2, 0.25) is 5.02 Å². The molecule has 0 spiro atoms. The molecular formula is C15H21ClIN3. The summed E-state index contributed by atoms with van der Waals surface area (Å²) in [6.07, 6.45) is 7.50. The summed E-state index contributed by atoms with van der Waals surface area (Å²) >= 11 is 5.96. The fraction of sp³-hybridized carbons (Fsp3) is 0.400. The molecule has 0 aromatic heterocycles. The highest BCUT2D eigenvalue weighted by Gasteiger charge is 2.11. The number of benzene rings is 1. The molecule has 3 nitrogen and oxygen atoms in total. The molecule has 2 N–H and O–H groups in total. The molecule has 2 rings (SSSR count). The van der Waals surface area contributed by atoms with E-state index in [9.17, 15) is 0 Å². The van der Waals surface area contributed by atoms with Crippen LogP contribution in [0.25, 0.3) is 0 Å². The normalized spacial score (nSPS) is 15.0. The van der Waals surface area contributed by atoms with Crippen LogP contribution in [0.15, 0.2) is 41.4 Å². The Morgan fingerprint density at radius 2 is 2.10 bits per heavy atom. The first-order valence-corrected chi connectivity index (χ1v) is 7.02. The summed E-state index contributed by atoms with van der Waals surface area (Å²) in [6, 6.07) is 8.45. The third kappa shape index (κ3) is 5.71. The summed E-state index contributed by atoms with van der Waals surface area (Å²) in [5, 5.41) is 7.53. The van der Waals surface area contributed by atoms with E-state index in [0.717, 1.165) is 36.8 Å². The van der Waals surface area contributed by atoms with Crippen molar-refractivity contribution in [3.05, 3.63) is 47.0 Å². The van der Waals surface area contributed by atoms with Crippen LogP contribution in [0.3, 0.4) is 0 Å². The Morgan fingerprint density at radius 1 is 1.35 bits per heavy atom. The van der Waals surface area contributed by atoms with Gasteiger partial charge in [0.1, 0.15) is 0 Å². The minimum absolute atomic E-state index is 0. The van der Waals surface area contributed by atoms with Gasteiger partial charge in [-0.3, -0.25) is 4.99 Å². The van der Waals surface area contributed by atoms with Crippen molar-refractivity contribution in [2.24, 2.45) is 4.99 Å². The van der Waals surface area contributed by atoms with Crippen molar-refractivity contribution >= 4 is 41.5 Å². The predicted octanol–water partition coefficient (Wildman–Crippen LogP) is 3.38. The summed E-state index contributed by atoms with van der Waals surface area (Å²) in [4.78, 5) is 4.24. The molecule has 0 saturated heterocycles. The van der Waals surface area contributed by atoms with E-state index in [1.165, 1.54) is 5.56 Å². The summed E-state index contributed by atoms with van der Waals surface area (Å²) in [6.45, 7) is 0.847. The third-order valence-corrected chi connectivity index (χ3v) is 3.40. The average Bonchev–Trinajstić information content (AvgIpc) is 2.90. The second-order valence-electron chi connectivity index (χ2n) is 4.66. The molecule has 1 aliphatic carbocycles. The quantitative estimate of drug-likeness (QED) is 0.349. The second-order valence-corrected chi connectivity index (χ2v) is 5.10. The molecule has 1 aliphatic rings. The molecule has 0 heterocycles. The van der Waals surface area contributed by atoms with Gasteiger partial charge in [-0.05, 0) is 37.0 Å². The summed E-state index contributed by atoms with van der Waals surface area (Å²) < 4.78 is 0. The van der Waals surface area contributed by atoms with E-state index in [1.54, 1.807) is 7.05 Å². The zero-order valence-electron chi connectivity index (χ0n) is 11.6. The molecule has 0 fully saturated rings. The maximum atomic E-state index is 5.96. The number of nitrogens with one attached hydrogen (secondary N) is 2. The first kappa shape index (κ1) is 17.3. The summed E-state index contributed by atoms with van der Waals surface area (Å²) in [5.41, 5.74) is 1.23. The monoisotopic (exact) mass is 405 g/mol. The zero-order valence-corrected chi connectivity index (χ0v) is 14.7. The molecule has 0 aliphatic heterocycles. The number of nitrogens with zero attached hydrogens (tertiary/aromatic N) is 1. The molecule has 5 heteroatoms. The lowest BCUT2D eigenvalue weighted by atomic mass is 10.1. The summed E-state index contributed by atoms with van der Waals surface area (Å²) in [7, 11) is 1.80. The second kappa shape index (κ2) is 9.23. The van der Waals surface area contributed by atoms with E-state index in [2.05, 4.69) is 33.8 Å². The van der Waals surface area contributed by atoms with Gasteiger partial charge >= 0.3 is 0 Å². The van der Waals surface area contributed by atoms with Gasteiger partial charge in [0.15, 0.2) is 5.96 Å². The minimum Gasteiger partial charge on any atom is -0.356 e. The maximum absolute atomic E-state index is 5.96. The topological polar surface area (TPSA) is 36.4 Å². The Hall–Kier alpha value is -0.750. The van der Waals surface area contributed by atoms with Crippen LogP contribution in [0.1, 0.15) is 18.4 Å². The Morgan fingerprint density at radius 3 is 2.75 bits per heavy atom. The largest absolute Gasteiger partial charge is 0.356 e. The van der Waals surface area contributed by atoms with Crippen LogP contribution in [-0.4, -0.2) is 25.6 Å². The van der Waals surface area contributed by atoms with Crippen LogP contribution in [0, 0.1) is 0 Å². The number of aliphatic imine (C=N–C) groups is 1. The zero-order chi connectivity index (χ0) is 13.5. The van der Waals surface area contributed by atoms with E-state index in [1.807, 2.05) is 18.2 Å². The first-order valence-electron chi connectivity index (χ1n) is 6.64. The molecule has 0 bridgehead atoms. The molecule has 110 valence electrons. The first-order chi connectivity index (χ1) is 9.28. The van der Waals surface area contributed by atoms with Gasteiger partial charge in [-0.1, -0.05) is 35.9 Å². The fourth-order valence-electron chi connectivity index (χ4n) is 2.14. The lowest BCUT2D eigenvalue weighted by Gasteiger charge is -2.16. The maximum Gasteiger partial charge on any atom is 0.191 e. The highest BCUT2D eigenvalue weighted by atomic mass is 127. The van der Waals surface area contributed by atoms with E-state index < -0.39 is 0 Å². The van der Waals surface area contributed by atoms with Crippen molar-refractivity contribution in [1.82, 2.24) is 10.6 Å². The smallest absolute Gasteiger partial charge is 0.191 e. The third-order valence-electron chi connectivity index (χ3n) is 3.17. The SMILES string of the molecule is CN=C(NCCc1cccc(Cl)c1)NC1CC=CC1.I. The summed E-state index contributed by atoms with van der Waals surface area (Å²) in [5.74, 6) is 0.871. The van der Waals surface area contributed by atoms with Gasteiger partial charge in [-0.15, -0.1) is 24.0 Å².